The molecule has 4 nitrogen and oxygen atoms in total. The molecule has 1 atom stereocenters. The third-order valence-electron chi connectivity index (χ3n) is 4.97. The minimum absolute atomic E-state index is 0.230. The minimum atomic E-state index is -0.411. The molecule has 2 aromatic heterocycles. The van der Waals surface area contributed by atoms with Gasteiger partial charge in [0.25, 0.3) is 0 Å². The molecule has 3 aromatic rings. The molecule has 0 radical (unpaired) electrons. The van der Waals surface area contributed by atoms with Crippen molar-refractivity contribution in [1.82, 2.24) is 15.3 Å². The first-order valence-electron chi connectivity index (χ1n) is 9.07. The van der Waals surface area contributed by atoms with Gasteiger partial charge in [-0.25, -0.2) is 4.39 Å². The lowest BCUT2D eigenvalue weighted by molar-refractivity contribution is 0.445. The zero-order chi connectivity index (χ0) is 18.6. The van der Waals surface area contributed by atoms with Crippen LogP contribution in [0.15, 0.2) is 54.9 Å². The molecule has 0 saturated carbocycles. The molecule has 1 aliphatic rings. The van der Waals surface area contributed by atoms with E-state index in [-0.39, 0.29) is 6.04 Å². The fraction of sp³-hybridized carbons (Fsp3) is 0.227. The molecule has 0 amide bonds. The highest BCUT2D eigenvalue weighted by Gasteiger charge is 2.20. The van der Waals surface area contributed by atoms with E-state index in [1.807, 2.05) is 30.5 Å². The molecule has 5 heteroatoms. The third-order valence-corrected chi connectivity index (χ3v) is 4.97. The number of aromatic nitrogens is 2. The lowest BCUT2D eigenvalue weighted by Crippen LogP contribution is -2.26. The number of nitrogens with one attached hydrogen (secondary N) is 1. The van der Waals surface area contributed by atoms with Gasteiger partial charge >= 0.3 is 0 Å². The van der Waals surface area contributed by atoms with E-state index >= 15 is 0 Å². The Kier molecular flexibility index (Phi) is 4.91. The molecule has 1 aromatic carbocycles. The Bertz CT molecular complexity index is 992. The van der Waals surface area contributed by atoms with E-state index in [2.05, 4.69) is 21.4 Å². The lowest BCUT2D eigenvalue weighted by Gasteiger charge is -2.25. The Hall–Kier alpha value is -3.10. The highest BCUT2D eigenvalue weighted by atomic mass is 19.1. The van der Waals surface area contributed by atoms with E-state index in [4.69, 9.17) is 0 Å². The molecule has 2 heterocycles. The number of aryl methyl sites for hydroxylation is 1. The maximum atomic E-state index is 14.2. The SMILES string of the molecule is N#Cc1cccc(F)c1-c1ccc(CNC2CCCc3cccnc32)nc1. The molecule has 134 valence electrons. The first-order chi connectivity index (χ1) is 13.3. The minimum Gasteiger partial charge on any atom is -0.303 e. The molecule has 1 aliphatic carbocycles. The predicted octanol–water partition coefficient (Wildman–Crippen LogP) is 4.32. The summed E-state index contributed by atoms with van der Waals surface area (Å²) in [6.07, 6.45) is 6.75. The van der Waals surface area contributed by atoms with Crippen LogP contribution in [0.2, 0.25) is 0 Å². The summed E-state index contributed by atoms with van der Waals surface area (Å²) in [5.41, 5.74) is 4.54. The van der Waals surface area contributed by atoms with Crippen LogP contribution in [0.4, 0.5) is 4.39 Å². The molecule has 0 bridgehead atoms. The summed E-state index contributed by atoms with van der Waals surface area (Å²) in [6, 6.07) is 14.6. The normalized spacial score (nSPS) is 15.8. The van der Waals surface area contributed by atoms with Gasteiger partial charge in [-0.2, -0.15) is 5.26 Å². The Morgan fingerprint density at radius 2 is 2.07 bits per heavy atom. The van der Waals surface area contributed by atoms with Gasteiger partial charge in [0.05, 0.1) is 29.1 Å². The van der Waals surface area contributed by atoms with Gasteiger partial charge in [0.2, 0.25) is 0 Å². The average molecular weight is 358 g/mol. The zero-order valence-corrected chi connectivity index (χ0v) is 14.8. The van der Waals surface area contributed by atoms with Crippen molar-refractivity contribution in [3.05, 3.63) is 83.2 Å². The second-order valence-electron chi connectivity index (χ2n) is 6.69. The van der Waals surface area contributed by atoms with E-state index in [1.165, 1.54) is 11.6 Å². The molecule has 1 N–H and O–H groups in total. The van der Waals surface area contributed by atoms with Gasteiger partial charge < -0.3 is 5.32 Å². The number of pyridine rings is 2. The molecule has 1 unspecified atom stereocenters. The second kappa shape index (κ2) is 7.65. The molecule has 0 aliphatic heterocycles. The Balaban J connectivity index is 1.49. The molecule has 27 heavy (non-hydrogen) atoms. The quantitative estimate of drug-likeness (QED) is 0.754. The van der Waals surface area contributed by atoms with Crippen LogP contribution >= 0.6 is 0 Å². The Morgan fingerprint density at radius 1 is 1.15 bits per heavy atom. The van der Waals surface area contributed by atoms with Crippen LogP contribution < -0.4 is 5.32 Å². The van der Waals surface area contributed by atoms with Gasteiger partial charge in [0.1, 0.15) is 5.82 Å². The summed E-state index contributed by atoms with van der Waals surface area (Å²) >= 11 is 0. The second-order valence-corrected chi connectivity index (χ2v) is 6.69. The maximum absolute atomic E-state index is 14.2. The number of nitrogens with zero attached hydrogens (tertiary/aromatic N) is 3. The van der Waals surface area contributed by atoms with Gasteiger partial charge in [-0.15, -0.1) is 0 Å². The number of halogens is 1. The van der Waals surface area contributed by atoms with Crippen molar-refractivity contribution in [3.63, 3.8) is 0 Å². The summed E-state index contributed by atoms with van der Waals surface area (Å²) in [6.45, 7) is 0.614. The number of hydrogen-bond donors (Lipinski definition) is 1. The molecule has 0 spiro atoms. The number of fused-ring (bicyclic) bond motifs is 1. The van der Waals surface area contributed by atoms with Crippen LogP contribution in [0.25, 0.3) is 11.1 Å². The molecule has 0 saturated heterocycles. The monoisotopic (exact) mass is 358 g/mol. The number of nitriles is 1. The van der Waals surface area contributed by atoms with Gasteiger partial charge in [-0.05, 0) is 49.1 Å². The fourth-order valence-electron chi connectivity index (χ4n) is 3.62. The van der Waals surface area contributed by atoms with Gasteiger partial charge in [0.15, 0.2) is 0 Å². The van der Waals surface area contributed by atoms with Crippen molar-refractivity contribution in [3.8, 4) is 17.2 Å². The van der Waals surface area contributed by atoms with Crippen LogP contribution in [0, 0.1) is 17.1 Å². The maximum Gasteiger partial charge on any atom is 0.132 e. The van der Waals surface area contributed by atoms with Crippen molar-refractivity contribution in [2.24, 2.45) is 0 Å². The van der Waals surface area contributed by atoms with Gasteiger partial charge in [0, 0.05) is 30.1 Å². The van der Waals surface area contributed by atoms with Crippen LogP contribution in [-0.2, 0) is 13.0 Å². The van der Waals surface area contributed by atoms with Gasteiger partial charge in [-0.3, -0.25) is 9.97 Å². The van der Waals surface area contributed by atoms with Crippen LogP contribution in [-0.4, -0.2) is 9.97 Å². The third kappa shape index (κ3) is 3.57. The predicted molar refractivity (Wildman–Crippen MR) is 101 cm³/mol. The molecule has 0 fully saturated rings. The summed E-state index contributed by atoms with van der Waals surface area (Å²) < 4.78 is 14.2. The first-order valence-corrected chi connectivity index (χ1v) is 9.07. The van der Waals surface area contributed by atoms with Crippen molar-refractivity contribution < 1.29 is 4.39 Å². The summed E-state index contributed by atoms with van der Waals surface area (Å²) in [4.78, 5) is 8.99. The number of rotatable bonds is 4. The summed E-state index contributed by atoms with van der Waals surface area (Å²) in [5.74, 6) is -0.411. The van der Waals surface area contributed by atoms with E-state index in [1.54, 1.807) is 18.3 Å². The lowest BCUT2D eigenvalue weighted by atomic mass is 9.92. The van der Waals surface area contributed by atoms with E-state index < -0.39 is 5.82 Å². The van der Waals surface area contributed by atoms with E-state index in [0.29, 0.717) is 23.2 Å². The summed E-state index contributed by atoms with van der Waals surface area (Å²) in [5, 5.41) is 12.8. The smallest absolute Gasteiger partial charge is 0.132 e. The van der Waals surface area contributed by atoms with Crippen molar-refractivity contribution in [2.75, 3.05) is 0 Å². The highest BCUT2D eigenvalue weighted by Crippen LogP contribution is 2.28. The zero-order valence-electron chi connectivity index (χ0n) is 14.8. The van der Waals surface area contributed by atoms with Crippen LogP contribution in [0.1, 0.15) is 41.4 Å². The number of hydrogen-bond acceptors (Lipinski definition) is 4. The van der Waals surface area contributed by atoms with Crippen LogP contribution in [0.5, 0.6) is 0 Å². The molecular weight excluding hydrogens is 339 g/mol. The standard InChI is InChI=1S/C22H19FN4/c23-19-7-1-5-16(12-24)21(19)17-9-10-18(26-13-17)14-27-20-8-2-4-15-6-3-11-25-22(15)20/h1,3,5-7,9-11,13,20,27H,2,4,8,14H2. The van der Waals surface area contributed by atoms with Crippen molar-refractivity contribution in [1.29, 1.82) is 5.26 Å². The molecular formula is C22H19FN4. The Labute approximate surface area is 157 Å². The topological polar surface area (TPSA) is 61.6 Å². The first kappa shape index (κ1) is 17.3. The molecule has 4 rings (SSSR count). The van der Waals surface area contributed by atoms with Gasteiger partial charge in [-0.1, -0.05) is 18.2 Å². The fourth-order valence-corrected chi connectivity index (χ4v) is 3.62. The van der Waals surface area contributed by atoms with Crippen molar-refractivity contribution in [2.45, 2.75) is 31.8 Å². The van der Waals surface area contributed by atoms with Crippen molar-refractivity contribution >= 4 is 0 Å². The van der Waals surface area contributed by atoms with Crippen LogP contribution in [0.3, 0.4) is 0 Å². The largest absolute Gasteiger partial charge is 0.303 e. The van der Waals surface area contributed by atoms with E-state index in [0.717, 1.165) is 30.7 Å². The van der Waals surface area contributed by atoms with E-state index in [9.17, 15) is 9.65 Å². The number of benzene rings is 1. The average Bonchev–Trinajstić information content (AvgIpc) is 2.72. The highest BCUT2D eigenvalue weighted by molar-refractivity contribution is 5.70. The Morgan fingerprint density at radius 3 is 2.89 bits per heavy atom. The summed E-state index contributed by atoms with van der Waals surface area (Å²) in [7, 11) is 0.